The molecule has 0 saturated carbocycles. The molecular weight excluding hydrogens is 298 g/mol. The van der Waals surface area contributed by atoms with Crippen LogP contribution >= 0.6 is 0 Å². The number of nitrogens with zero attached hydrogens (tertiary/aromatic N) is 1. The summed E-state index contributed by atoms with van der Waals surface area (Å²) in [5, 5.41) is 22.5. The Kier molecular flexibility index (Phi) is 4.77. The second kappa shape index (κ2) is 6.67. The van der Waals surface area contributed by atoms with Gasteiger partial charge in [0, 0.05) is 19.0 Å². The normalized spacial score (nSPS) is 26.3. The summed E-state index contributed by atoms with van der Waals surface area (Å²) in [6.07, 6.45) is -0.0696. The smallest absolute Gasteiger partial charge is 0.0977 e. The SMILES string of the molecule is Cc1ccc(C(O)C2CN(C)CCC2(O)c2ccc(C)cc2)cc1. The van der Waals surface area contributed by atoms with Crippen molar-refractivity contribution in [1.29, 1.82) is 0 Å². The van der Waals surface area contributed by atoms with E-state index in [9.17, 15) is 10.2 Å². The summed E-state index contributed by atoms with van der Waals surface area (Å²) in [5.41, 5.74) is 3.10. The molecule has 1 aliphatic heterocycles. The van der Waals surface area contributed by atoms with E-state index in [1.807, 2.05) is 69.4 Å². The Balaban J connectivity index is 1.97. The van der Waals surface area contributed by atoms with Gasteiger partial charge in [-0.05, 0) is 38.4 Å². The summed E-state index contributed by atoms with van der Waals surface area (Å²) in [6, 6.07) is 16.0. The first kappa shape index (κ1) is 17.2. The van der Waals surface area contributed by atoms with E-state index in [4.69, 9.17) is 0 Å². The van der Waals surface area contributed by atoms with Gasteiger partial charge in [0.15, 0.2) is 0 Å². The molecule has 0 amide bonds. The van der Waals surface area contributed by atoms with Gasteiger partial charge in [0.2, 0.25) is 0 Å². The van der Waals surface area contributed by atoms with E-state index in [2.05, 4.69) is 4.90 Å². The first-order valence-electron chi connectivity index (χ1n) is 8.63. The van der Waals surface area contributed by atoms with E-state index in [0.29, 0.717) is 13.0 Å². The van der Waals surface area contributed by atoms with Gasteiger partial charge in [-0.25, -0.2) is 0 Å². The predicted octanol–water partition coefficient (Wildman–Crippen LogP) is 3.18. The maximum atomic E-state index is 11.5. The Morgan fingerprint density at radius 2 is 1.54 bits per heavy atom. The fourth-order valence-corrected chi connectivity index (χ4v) is 3.68. The number of hydrogen-bond acceptors (Lipinski definition) is 3. The summed E-state index contributed by atoms with van der Waals surface area (Å²) >= 11 is 0. The van der Waals surface area contributed by atoms with E-state index in [1.165, 1.54) is 11.1 Å². The van der Waals surface area contributed by atoms with Crippen LogP contribution in [0, 0.1) is 19.8 Å². The van der Waals surface area contributed by atoms with E-state index in [1.54, 1.807) is 0 Å². The molecule has 1 heterocycles. The molecule has 0 radical (unpaired) electrons. The average molecular weight is 325 g/mol. The van der Waals surface area contributed by atoms with Crippen LogP contribution in [0.15, 0.2) is 48.5 Å². The highest BCUT2D eigenvalue weighted by atomic mass is 16.3. The van der Waals surface area contributed by atoms with Crippen molar-refractivity contribution in [3.05, 3.63) is 70.8 Å². The number of aliphatic hydroxyl groups is 2. The zero-order valence-corrected chi connectivity index (χ0v) is 14.7. The highest BCUT2D eigenvalue weighted by Crippen LogP contribution is 2.43. The largest absolute Gasteiger partial charge is 0.388 e. The fourth-order valence-electron chi connectivity index (χ4n) is 3.68. The van der Waals surface area contributed by atoms with Crippen molar-refractivity contribution in [3.63, 3.8) is 0 Å². The lowest BCUT2D eigenvalue weighted by Gasteiger charge is -2.46. The highest BCUT2D eigenvalue weighted by molar-refractivity contribution is 5.31. The van der Waals surface area contributed by atoms with E-state index < -0.39 is 11.7 Å². The van der Waals surface area contributed by atoms with Gasteiger partial charge in [-0.3, -0.25) is 0 Å². The van der Waals surface area contributed by atoms with Gasteiger partial charge in [-0.1, -0.05) is 59.7 Å². The predicted molar refractivity (Wildman–Crippen MR) is 96.8 cm³/mol. The van der Waals surface area contributed by atoms with Crippen LogP contribution in [-0.4, -0.2) is 35.3 Å². The maximum Gasteiger partial charge on any atom is 0.0977 e. The standard InChI is InChI=1S/C21H27NO2/c1-15-4-8-17(9-5-15)20(23)19-14-22(3)13-12-21(19,24)18-10-6-16(2)7-11-18/h4-11,19-20,23-24H,12-14H2,1-3H3. The summed E-state index contributed by atoms with van der Waals surface area (Å²) in [7, 11) is 2.05. The van der Waals surface area contributed by atoms with Gasteiger partial charge in [0.05, 0.1) is 11.7 Å². The summed E-state index contributed by atoms with van der Waals surface area (Å²) < 4.78 is 0. The number of likely N-dealkylation sites (tertiary alicyclic amines) is 1. The van der Waals surface area contributed by atoms with Gasteiger partial charge in [-0.15, -0.1) is 0 Å². The molecule has 0 bridgehead atoms. The van der Waals surface area contributed by atoms with Gasteiger partial charge >= 0.3 is 0 Å². The van der Waals surface area contributed by atoms with Crippen LogP contribution in [0.1, 0.15) is 34.8 Å². The Morgan fingerprint density at radius 3 is 2.12 bits per heavy atom. The molecule has 2 aromatic carbocycles. The number of rotatable bonds is 3. The van der Waals surface area contributed by atoms with E-state index in [0.717, 1.165) is 17.7 Å². The lowest BCUT2D eigenvalue weighted by molar-refractivity contribution is -0.118. The Labute approximate surface area is 144 Å². The average Bonchev–Trinajstić information content (AvgIpc) is 2.58. The van der Waals surface area contributed by atoms with Crippen LogP contribution in [0.25, 0.3) is 0 Å². The molecule has 2 aromatic rings. The minimum atomic E-state index is -1.01. The first-order chi connectivity index (χ1) is 11.4. The van der Waals surface area contributed by atoms with Crippen molar-refractivity contribution in [3.8, 4) is 0 Å². The highest BCUT2D eigenvalue weighted by Gasteiger charge is 2.45. The number of benzene rings is 2. The third kappa shape index (κ3) is 3.25. The van der Waals surface area contributed by atoms with Crippen molar-refractivity contribution >= 4 is 0 Å². The summed E-state index contributed by atoms with van der Waals surface area (Å²) in [5.74, 6) is -0.262. The Morgan fingerprint density at radius 1 is 1.00 bits per heavy atom. The van der Waals surface area contributed by atoms with Crippen LogP contribution in [-0.2, 0) is 5.60 Å². The van der Waals surface area contributed by atoms with E-state index in [-0.39, 0.29) is 5.92 Å². The van der Waals surface area contributed by atoms with Crippen LogP contribution in [0.2, 0.25) is 0 Å². The minimum Gasteiger partial charge on any atom is -0.388 e. The van der Waals surface area contributed by atoms with Crippen LogP contribution in [0.5, 0.6) is 0 Å². The van der Waals surface area contributed by atoms with Crippen molar-refractivity contribution in [1.82, 2.24) is 4.90 Å². The van der Waals surface area contributed by atoms with Crippen molar-refractivity contribution in [2.45, 2.75) is 32.0 Å². The van der Waals surface area contributed by atoms with Gasteiger partial charge < -0.3 is 15.1 Å². The molecule has 24 heavy (non-hydrogen) atoms. The number of hydrogen-bond donors (Lipinski definition) is 2. The summed E-state index contributed by atoms with van der Waals surface area (Å²) in [4.78, 5) is 2.19. The number of aryl methyl sites for hydroxylation is 2. The number of piperidine rings is 1. The van der Waals surface area contributed by atoms with Gasteiger partial charge in [-0.2, -0.15) is 0 Å². The van der Waals surface area contributed by atoms with Crippen molar-refractivity contribution < 1.29 is 10.2 Å². The fraction of sp³-hybridized carbons (Fsp3) is 0.429. The molecule has 0 aliphatic carbocycles. The minimum absolute atomic E-state index is 0.262. The molecule has 128 valence electrons. The third-order valence-corrected chi connectivity index (χ3v) is 5.35. The molecule has 3 nitrogen and oxygen atoms in total. The van der Waals surface area contributed by atoms with Crippen LogP contribution in [0.3, 0.4) is 0 Å². The maximum absolute atomic E-state index is 11.5. The molecular formula is C21H27NO2. The summed E-state index contributed by atoms with van der Waals surface area (Å²) in [6.45, 7) is 5.56. The van der Waals surface area contributed by atoms with E-state index >= 15 is 0 Å². The van der Waals surface area contributed by atoms with Gasteiger partial charge in [0.1, 0.15) is 0 Å². The lowest BCUT2D eigenvalue weighted by Crippen LogP contribution is -2.51. The van der Waals surface area contributed by atoms with Crippen LogP contribution in [0.4, 0.5) is 0 Å². The second-order valence-corrected chi connectivity index (χ2v) is 7.26. The lowest BCUT2D eigenvalue weighted by atomic mass is 9.72. The molecule has 3 rings (SSSR count). The Hall–Kier alpha value is -1.68. The second-order valence-electron chi connectivity index (χ2n) is 7.26. The zero-order chi connectivity index (χ0) is 17.3. The van der Waals surface area contributed by atoms with Gasteiger partial charge in [0.25, 0.3) is 0 Å². The number of aliphatic hydroxyl groups excluding tert-OH is 1. The molecule has 3 heteroatoms. The molecule has 1 saturated heterocycles. The molecule has 1 aliphatic rings. The molecule has 3 atom stereocenters. The first-order valence-corrected chi connectivity index (χ1v) is 8.63. The quantitative estimate of drug-likeness (QED) is 0.911. The zero-order valence-electron chi connectivity index (χ0n) is 14.7. The Bertz CT molecular complexity index is 680. The molecule has 1 fully saturated rings. The van der Waals surface area contributed by atoms with Crippen molar-refractivity contribution in [2.24, 2.45) is 5.92 Å². The molecule has 0 aromatic heterocycles. The van der Waals surface area contributed by atoms with Crippen LogP contribution < -0.4 is 0 Å². The third-order valence-electron chi connectivity index (χ3n) is 5.35. The molecule has 0 spiro atoms. The molecule has 3 unspecified atom stereocenters. The molecule has 2 N–H and O–H groups in total. The topological polar surface area (TPSA) is 43.7 Å². The monoisotopic (exact) mass is 325 g/mol. The van der Waals surface area contributed by atoms with Crippen molar-refractivity contribution in [2.75, 3.05) is 20.1 Å².